The molecule has 0 aliphatic carbocycles. The number of hydrogen-bond acceptors (Lipinski definition) is 4. The zero-order chi connectivity index (χ0) is 13.8. The van der Waals surface area contributed by atoms with Gasteiger partial charge in [0.05, 0.1) is 0 Å². The summed E-state index contributed by atoms with van der Waals surface area (Å²) in [5, 5.41) is 3.43. The Morgan fingerprint density at radius 2 is 1.90 bits per heavy atom. The third-order valence-corrected chi connectivity index (χ3v) is 5.57. The quantitative estimate of drug-likeness (QED) is 0.819. The second-order valence-corrected chi connectivity index (χ2v) is 7.06. The third kappa shape index (κ3) is 3.35. The molecule has 0 aromatic rings. The van der Waals surface area contributed by atoms with Crippen LogP contribution in [0.3, 0.4) is 0 Å². The van der Waals surface area contributed by atoms with Crippen LogP contribution >= 0.6 is 0 Å². The van der Waals surface area contributed by atoms with E-state index in [0.29, 0.717) is 5.41 Å². The van der Waals surface area contributed by atoms with E-state index in [1.165, 1.54) is 64.8 Å². The Labute approximate surface area is 123 Å². The van der Waals surface area contributed by atoms with E-state index in [-0.39, 0.29) is 0 Å². The van der Waals surface area contributed by atoms with Gasteiger partial charge in [0, 0.05) is 38.9 Å². The highest BCUT2D eigenvalue weighted by Crippen LogP contribution is 2.32. The normalized spacial score (nSPS) is 31.9. The molecule has 0 spiro atoms. The number of ether oxygens (including phenoxy) is 1. The van der Waals surface area contributed by atoms with Crippen LogP contribution in [-0.4, -0.2) is 75.4 Å². The molecule has 4 nitrogen and oxygen atoms in total. The fourth-order valence-corrected chi connectivity index (χ4v) is 4.41. The van der Waals surface area contributed by atoms with E-state index in [1.54, 1.807) is 0 Å². The van der Waals surface area contributed by atoms with Gasteiger partial charge in [-0.05, 0) is 64.2 Å². The first-order chi connectivity index (χ1) is 9.81. The second kappa shape index (κ2) is 6.73. The summed E-state index contributed by atoms with van der Waals surface area (Å²) in [4.78, 5) is 5.46. The van der Waals surface area contributed by atoms with Crippen LogP contribution in [0.5, 0.6) is 0 Å². The first-order valence-corrected chi connectivity index (χ1v) is 8.50. The van der Waals surface area contributed by atoms with Gasteiger partial charge in [-0.1, -0.05) is 0 Å². The molecule has 3 rings (SSSR count). The summed E-state index contributed by atoms with van der Waals surface area (Å²) in [6.45, 7) is 9.58. The van der Waals surface area contributed by atoms with Crippen LogP contribution in [0.15, 0.2) is 0 Å². The molecule has 1 N–H and O–H groups in total. The van der Waals surface area contributed by atoms with E-state index in [0.717, 1.165) is 25.8 Å². The monoisotopic (exact) mass is 281 g/mol. The fraction of sp³-hybridized carbons (Fsp3) is 1.00. The van der Waals surface area contributed by atoms with Crippen LogP contribution in [0.4, 0.5) is 0 Å². The van der Waals surface area contributed by atoms with Crippen LogP contribution in [0, 0.1) is 5.41 Å². The summed E-state index contributed by atoms with van der Waals surface area (Å²) in [5.41, 5.74) is 0.451. The van der Waals surface area contributed by atoms with Gasteiger partial charge in [-0.25, -0.2) is 0 Å². The number of hydrogen-bond donors (Lipinski definition) is 1. The van der Waals surface area contributed by atoms with E-state index < -0.39 is 0 Å². The van der Waals surface area contributed by atoms with Crippen LogP contribution in [0.2, 0.25) is 0 Å². The van der Waals surface area contributed by atoms with E-state index in [1.807, 2.05) is 0 Å². The highest BCUT2D eigenvalue weighted by molar-refractivity contribution is 4.92. The predicted molar refractivity (Wildman–Crippen MR) is 82.1 cm³/mol. The standard InChI is InChI=1S/C16H31N3O/c1-17-13-16(5-10-20-11-6-16)14-18-9-4-15(12-18)19-7-2-3-8-19/h15,17H,2-14H2,1H3. The molecule has 3 heterocycles. The van der Waals surface area contributed by atoms with Gasteiger partial charge in [0.25, 0.3) is 0 Å². The van der Waals surface area contributed by atoms with Crippen molar-refractivity contribution in [3.05, 3.63) is 0 Å². The molecule has 3 saturated heterocycles. The summed E-state index contributed by atoms with van der Waals surface area (Å²) >= 11 is 0. The molecule has 0 bridgehead atoms. The van der Waals surface area contributed by atoms with Crippen LogP contribution in [0.1, 0.15) is 32.1 Å². The van der Waals surface area contributed by atoms with Crippen molar-refractivity contribution in [1.29, 1.82) is 0 Å². The van der Waals surface area contributed by atoms with Gasteiger partial charge in [-0.2, -0.15) is 0 Å². The molecule has 0 aromatic carbocycles. The van der Waals surface area contributed by atoms with Gasteiger partial charge in [0.2, 0.25) is 0 Å². The molecule has 116 valence electrons. The van der Waals surface area contributed by atoms with Crippen molar-refractivity contribution in [3.63, 3.8) is 0 Å². The van der Waals surface area contributed by atoms with Crippen molar-refractivity contribution < 1.29 is 4.74 Å². The van der Waals surface area contributed by atoms with Gasteiger partial charge in [-0.3, -0.25) is 4.90 Å². The summed E-state index contributed by atoms with van der Waals surface area (Å²) in [7, 11) is 2.09. The van der Waals surface area contributed by atoms with Crippen molar-refractivity contribution in [2.24, 2.45) is 5.41 Å². The Balaban J connectivity index is 1.53. The van der Waals surface area contributed by atoms with Crippen molar-refractivity contribution in [2.45, 2.75) is 38.1 Å². The largest absolute Gasteiger partial charge is 0.381 e. The van der Waals surface area contributed by atoms with E-state index >= 15 is 0 Å². The Hall–Kier alpha value is -0.160. The molecule has 3 aliphatic heterocycles. The molecule has 3 aliphatic rings. The molecule has 0 amide bonds. The zero-order valence-corrected chi connectivity index (χ0v) is 13.1. The summed E-state index contributed by atoms with van der Waals surface area (Å²) in [5.74, 6) is 0. The Kier molecular flexibility index (Phi) is 4.97. The maximum atomic E-state index is 5.58. The SMILES string of the molecule is CNCC1(CN2CCC(N3CCCC3)C2)CCOCC1. The summed E-state index contributed by atoms with van der Waals surface area (Å²) in [6.07, 6.45) is 6.65. The van der Waals surface area contributed by atoms with Crippen molar-refractivity contribution >= 4 is 0 Å². The number of nitrogens with one attached hydrogen (secondary N) is 1. The zero-order valence-electron chi connectivity index (χ0n) is 13.1. The molecule has 0 saturated carbocycles. The molecular weight excluding hydrogens is 250 g/mol. The van der Waals surface area contributed by atoms with Gasteiger partial charge in [0.15, 0.2) is 0 Å². The molecule has 1 unspecified atom stereocenters. The van der Waals surface area contributed by atoms with Crippen LogP contribution in [0.25, 0.3) is 0 Å². The van der Waals surface area contributed by atoms with E-state index in [9.17, 15) is 0 Å². The van der Waals surface area contributed by atoms with Gasteiger partial charge in [-0.15, -0.1) is 0 Å². The fourth-order valence-electron chi connectivity index (χ4n) is 4.41. The summed E-state index contributed by atoms with van der Waals surface area (Å²) in [6, 6.07) is 0.837. The van der Waals surface area contributed by atoms with Crippen molar-refractivity contribution in [3.8, 4) is 0 Å². The van der Waals surface area contributed by atoms with Gasteiger partial charge in [0.1, 0.15) is 0 Å². The first-order valence-electron chi connectivity index (χ1n) is 8.50. The maximum Gasteiger partial charge on any atom is 0.0472 e. The van der Waals surface area contributed by atoms with E-state index in [2.05, 4.69) is 22.2 Å². The number of likely N-dealkylation sites (tertiary alicyclic amines) is 2. The molecule has 0 aromatic heterocycles. The van der Waals surface area contributed by atoms with Crippen LogP contribution < -0.4 is 5.32 Å². The molecule has 3 fully saturated rings. The molecule has 1 atom stereocenters. The number of nitrogens with zero attached hydrogens (tertiary/aromatic N) is 2. The average Bonchev–Trinajstić information content (AvgIpc) is 3.10. The number of rotatable bonds is 5. The van der Waals surface area contributed by atoms with Gasteiger partial charge >= 0.3 is 0 Å². The minimum atomic E-state index is 0.451. The lowest BCUT2D eigenvalue weighted by Crippen LogP contribution is -2.47. The summed E-state index contributed by atoms with van der Waals surface area (Å²) < 4.78 is 5.58. The van der Waals surface area contributed by atoms with E-state index in [4.69, 9.17) is 4.74 Å². The molecule has 0 radical (unpaired) electrons. The molecular formula is C16H31N3O. The highest BCUT2D eigenvalue weighted by Gasteiger charge is 2.37. The van der Waals surface area contributed by atoms with Crippen LogP contribution in [-0.2, 0) is 4.74 Å². The smallest absolute Gasteiger partial charge is 0.0472 e. The molecule has 20 heavy (non-hydrogen) atoms. The maximum absolute atomic E-state index is 5.58. The third-order valence-electron chi connectivity index (χ3n) is 5.57. The van der Waals surface area contributed by atoms with Crippen molar-refractivity contribution in [1.82, 2.24) is 15.1 Å². The Morgan fingerprint density at radius 3 is 2.60 bits per heavy atom. The highest BCUT2D eigenvalue weighted by atomic mass is 16.5. The average molecular weight is 281 g/mol. The second-order valence-electron chi connectivity index (χ2n) is 7.06. The lowest BCUT2D eigenvalue weighted by Gasteiger charge is -2.40. The molecule has 4 heteroatoms. The Morgan fingerprint density at radius 1 is 1.15 bits per heavy atom. The lowest BCUT2D eigenvalue weighted by molar-refractivity contribution is -0.000893. The Bertz CT molecular complexity index is 293. The van der Waals surface area contributed by atoms with Crippen molar-refractivity contribution in [2.75, 3.05) is 59.5 Å². The minimum absolute atomic E-state index is 0.451. The minimum Gasteiger partial charge on any atom is -0.381 e. The topological polar surface area (TPSA) is 27.7 Å². The lowest BCUT2D eigenvalue weighted by atomic mass is 9.79. The first kappa shape index (κ1) is 14.8. The predicted octanol–water partition coefficient (Wildman–Crippen LogP) is 1.17. The van der Waals surface area contributed by atoms with Gasteiger partial charge < -0.3 is 15.0 Å².